The number of benzene rings is 2. The maximum absolute atomic E-state index is 2.57. The molecule has 24 heavy (non-hydrogen) atoms. The van der Waals surface area contributed by atoms with Crippen molar-refractivity contribution in [2.24, 2.45) is 11.8 Å². The van der Waals surface area contributed by atoms with Gasteiger partial charge in [0.25, 0.3) is 0 Å². The number of aryl methyl sites for hydroxylation is 1. The Morgan fingerprint density at radius 1 is 1.12 bits per heavy atom. The smallest absolute Gasteiger partial charge is 0.00274 e. The van der Waals surface area contributed by atoms with E-state index in [0.717, 1.165) is 11.8 Å². The lowest BCUT2D eigenvalue weighted by Gasteiger charge is -2.41. The molecule has 0 heterocycles. The van der Waals surface area contributed by atoms with E-state index >= 15 is 0 Å². The lowest BCUT2D eigenvalue weighted by Crippen LogP contribution is -2.35. The maximum atomic E-state index is 2.57. The summed E-state index contributed by atoms with van der Waals surface area (Å²) in [7, 11) is 0. The first-order valence-electron chi connectivity index (χ1n) is 9.88. The zero-order valence-electron chi connectivity index (χ0n) is 15.1. The molecular weight excluding hydrogens is 288 g/mol. The Balaban J connectivity index is 1.63. The van der Waals surface area contributed by atoms with Crippen LogP contribution in [0.15, 0.2) is 42.0 Å². The summed E-state index contributed by atoms with van der Waals surface area (Å²) in [5, 5.41) is 2.92. The zero-order valence-corrected chi connectivity index (χ0v) is 15.1. The largest absolute Gasteiger partial charge is 0.0850 e. The summed E-state index contributed by atoms with van der Waals surface area (Å²) in [6.07, 6.45) is 11.9. The molecule has 0 heteroatoms. The molecule has 0 radical (unpaired) electrons. The normalized spacial score (nSPS) is 28.0. The van der Waals surface area contributed by atoms with E-state index in [9.17, 15) is 0 Å². The average Bonchev–Trinajstić information content (AvgIpc) is 3.14. The fourth-order valence-corrected chi connectivity index (χ4v) is 5.91. The third-order valence-corrected chi connectivity index (χ3v) is 6.90. The molecule has 5 rings (SSSR count). The van der Waals surface area contributed by atoms with E-state index < -0.39 is 0 Å². The van der Waals surface area contributed by atoms with Crippen molar-refractivity contribution in [2.45, 2.75) is 64.2 Å². The van der Waals surface area contributed by atoms with Crippen molar-refractivity contribution >= 4 is 10.8 Å². The van der Waals surface area contributed by atoms with Gasteiger partial charge < -0.3 is 0 Å². The van der Waals surface area contributed by atoms with Gasteiger partial charge in [-0.1, -0.05) is 55.8 Å². The molecule has 3 aliphatic rings. The van der Waals surface area contributed by atoms with Gasteiger partial charge in [0.05, 0.1) is 0 Å². The summed E-state index contributed by atoms with van der Waals surface area (Å²) >= 11 is 0. The molecule has 2 atom stereocenters. The fraction of sp³-hybridized carbons (Fsp3) is 0.500. The van der Waals surface area contributed by atoms with E-state index in [4.69, 9.17) is 0 Å². The lowest BCUT2D eigenvalue weighted by molar-refractivity contribution is 0.270. The highest BCUT2D eigenvalue weighted by molar-refractivity contribution is 5.85. The Labute approximate surface area is 146 Å². The minimum Gasteiger partial charge on any atom is -0.0850 e. The lowest BCUT2D eigenvalue weighted by atomic mass is 9.62. The van der Waals surface area contributed by atoms with Gasteiger partial charge in [-0.2, -0.15) is 0 Å². The molecule has 2 unspecified atom stereocenters. The van der Waals surface area contributed by atoms with Crippen LogP contribution in [0.3, 0.4) is 0 Å². The second kappa shape index (κ2) is 5.22. The first-order valence-corrected chi connectivity index (χ1v) is 9.88. The molecular formula is C24H28. The maximum Gasteiger partial charge on any atom is 0.00274 e. The van der Waals surface area contributed by atoms with Crippen LogP contribution in [0.2, 0.25) is 0 Å². The van der Waals surface area contributed by atoms with Gasteiger partial charge >= 0.3 is 0 Å². The van der Waals surface area contributed by atoms with Crippen LogP contribution in [0, 0.1) is 11.8 Å². The third kappa shape index (κ3) is 2.11. The van der Waals surface area contributed by atoms with Gasteiger partial charge in [0.2, 0.25) is 0 Å². The van der Waals surface area contributed by atoms with Gasteiger partial charge in [0, 0.05) is 5.41 Å². The SMILES string of the molecule is CC(C)Cc1ccc2cc3c(cc2c1)CCCC31CC2=CCC1C2. The van der Waals surface area contributed by atoms with Crippen LogP contribution < -0.4 is 0 Å². The highest BCUT2D eigenvalue weighted by Crippen LogP contribution is 2.59. The van der Waals surface area contributed by atoms with Crippen LogP contribution in [0.4, 0.5) is 0 Å². The Bertz CT molecular complexity index is 838. The van der Waals surface area contributed by atoms with Gasteiger partial charge in [-0.25, -0.2) is 0 Å². The van der Waals surface area contributed by atoms with E-state index in [1.807, 2.05) is 0 Å². The van der Waals surface area contributed by atoms with Crippen LogP contribution in [0.1, 0.15) is 62.6 Å². The van der Waals surface area contributed by atoms with Gasteiger partial charge in [-0.3, -0.25) is 0 Å². The zero-order chi connectivity index (χ0) is 16.3. The topological polar surface area (TPSA) is 0 Å². The Hall–Kier alpha value is -1.56. The van der Waals surface area contributed by atoms with Gasteiger partial charge in [-0.15, -0.1) is 0 Å². The number of fused-ring (bicyclic) bond motifs is 6. The first-order chi connectivity index (χ1) is 11.6. The molecule has 3 aliphatic carbocycles. The van der Waals surface area contributed by atoms with Crippen molar-refractivity contribution in [3.05, 3.63) is 58.7 Å². The Morgan fingerprint density at radius 3 is 2.79 bits per heavy atom. The Kier molecular flexibility index (Phi) is 3.21. The van der Waals surface area contributed by atoms with Crippen molar-refractivity contribution in [3.63, 3.8) is 0 Å². The number of hydrogen-bond acceptors (Lipinski definition) is 0. The van der Waals surface area contributed by atoms with Crippen molar-refractivity contribution in [2.75, 3.05) is 0 Å². The van der Waals surface area contributed by atoms with Crippen LogP contribution in [0.25, 0.3) is 10.8 Å². The summed E-state index contributed by atoms with van der Waals surface area (Å²) < 4.78 is 0. The average molecular weight is 316 g/mol. The highest BCUT2D eigenvalue weighted by Gasteiger charge is 2.49. The molecule has 0 aliphatic heterocycles. The van der Waals surface area contributed by atoms with Crippen LogP contribution in [0.5, 0.6) is 0 Å². The molecule has 1 spiro atoms. The third-order valence-electron chi connectivity index (χ3n) is 6.90. The fourth-order valence-electron chi connectivity index (χ4n) is 5.91. The molecule has 124 valence electrons. The molecule has 0 saturated heterocycles. The van der Waals surface area contributed by atoms with E-state index in [0.29, 0.717) is 5.41 Å². The molecule has 0 amide bonds. The molecule has 0 nitrogen and oxygen atoms in total. The van der Waals surface area contributed by atoms with E-state index in [2.05, 4.69) is 50.3 Å². The number of rotatable bonds is 2. The van der Waals surface area contributed by atoms with E-state index in [1.165, 1.54) is 61.3 Å². The summed E-state index contributed by atoms with van der Waals surface area (Å²) in [4.78, 5) is 0. The van der Waals surface area contributed by atoms with Crippen LogP contribution in [-0.2, 0) is 18.3 Å². The van der Waals surface area contributed by atoms with Crippen LogP contribution in [-0.4, -0.2) is 0 Å². The molecule has 2 aromatic carbocycles. The van der Waals surface area contributed by atoms with Crippen molar-refractivity contribution in [1.29, 1.82) is 0 Å². The predicted octanol–water partition coefficient (Wildman–Crippen LogP) is 6.35. The van der Waals surface area contributed by atoms with Crippen LogP contribution >= 0.6 is 0 Å². The van der Waals surface area contributed by atoms with Gasteiger partial charge in [0.15, 0.2) is 0 Å². The second-order valence-electron chi connectivity index (χ2n) is 8.97. The molecule has 0 aromatic heterocycles. The number of allylic oxidation sites excluding steroid dienone is 2. The quantitative estimate of drug-likeness (QED) is 0.566. The number of hydrogen-bond donors (Lipinski definition) is 0. The molecule has 1 saturated carbocycles. The summed E-state index contributed by atoms with van der Waals surface area (Å²) in [6, 6.07) is 12.3. The summed E-state index contributed by atoms with van der Waals surface area (Å²) in [6.45, 7) is 4.62. The van der Waals surface area contributed by atoms with Gasteiger partial charge in [0.1, 0.15) is 0 Å². The first kappa shape index (κ1) is 14.8. The van der Waals surface area contributed by atoms with Crippen molar-refractivity contribution < 1.29 is 0 Å². The summed E-state index contributed by atoms with van der Waals surface area (Å²) in [5.41, 5.74) is 7.10. The molecule has 2 bridgehead atoms. The Morgan fingerprint density at radius 2 is 2.04 bits per heavy atom. The molecule has 1 fully saturated rings. The summed E-state index contributed by atoms with van der Waals surface area (Å²) in [5.74, 6) is 1.62. The second-order valence-corrected chi connectivity index (χ2v) is 8.97. The van der Waals surface area contributed by atoms with E-state index in [1.54, 1.807) is 16.7 Å². The standard InChI is InChI=1S/C24H28/c1-16(2)10-17-5-7-19-14-23-20(13-21(19)11-17)4-3-9-24(23)15-18-6-8-22(24)12-18/h5-7,11,13-14,16,22H,3-4,8-10,12,15H2,1-2H3. The van der Waals surface area contributed by atoms with Crippen molar-refractivity contribution in [1.82, 2.24) is 0 Å². The van der Waals surface area contributed by atoms with Crippen molar-refractivity contribution in [3.8, 4) is 0 Å². The monoisotopic (exact) mass is 316 g/mol. The van der Waals surface area contributed by atoms with E-state index in [-0.39, 0.29) is 0 Å². The predicted molar refractivity (Wildman–Crippen MR) is 103 cm³/mol. The molecule has 2 aromatic rings. The molecule has 0 N–H and O–H groups in total. The minimum absolute atomic E-state index is 0.489. The highest BCUT2D eigenvalue weighted by atomic mass is 14.5. The van der Waals surface area contributed by atoms with Gasteiger partial charge in [-0.05, 0) is 84.2 Å². The minimum atomic E-state index is 0.489.